The van der Waals surface area contributed by atoms with Crippen LogP contribution in [0.1, 0.15) is 12.5 Å². The van der Waals surface area contributed by atoms with Crippen molar-refractivity contribution in [2.75, 3.05) is 7.11 Å². The molecule has 0 bridgehead atoms. The fourth-order valence-electron chi connectivity index (χ4n) is 2.10. The maximum absolute atomic E-state index is 12.8. The first-order valence-corrected chi connectivity index (χ1v) is 7.92. The van der Waals surface area contributed by atoms with Crippen LogP contribution in [0.4, 0.5) is 18.9 Å². The van der Waals surface area contributed by atoms with Gasteiger partial charge in [0.1, 0.15) is 11.5 Å². The van der Waals surface area contributed by atoms with Crippen molar-refractivity contribution in [2.24, 2.45) is 0 Å². The number of nitro groups is 1. The van der Waals surface area contributed by atoms with E-state index in [2.05, 4.69) is 4.74 Å². The van der Waals surface area contributed by atoms with Gasteiger partial charge in [-0.2, -0.15) is 13.2 Å². The summed E-state index contributed by atoms with van der Waals surface area (Å²) in [4.78, 5) is 21.7. The first kappa shape index (κ1) is 21.3. The first-order chi connectivity index (χ1) is 12.9. The summed E-state index contributed by atoms with van der Waals surface area (Å²) in [7, 11) is 1.12. The van der Waals surface area contributed by atoms with Gasteiger partial charge in [0, 0.05) is 19.1 Å². The molecule has 1 unspecified atom stereocenters. The van der Waals surface area contributed by atoms with E-state index in [-0.39, 0.29) is 11.5 Å². The van der Waals surface area contributed by atoms with Crippen molar-refractivity contribution >= 4 is 23.3 Å². The standard InChI is InChI=1S/C17H13ClF3NO6/c1-16(18,15(23)26-2)28-12-5-3-4-11(9-12)27-14-7-6-10(17(19,20)21)8-13(14)22(24)25/h3-9H,1-2H3. The number of carbonyl (C=O) groups excluding carboxylic acids is 1. The Balaban J connectivity index is 2.31. The number of methoxy groups -OCH3 is 1. The number of halogens is 4. The minimum Gasteiger partial charge on any atom is -0.465 e. The van der Waals surface area contributed by atoms with Gasteiger partial charge in [-0.15, -0.1) is 0 Å². The van der Waals surface area contributed by atoms with Gasteiger partial charge in [-0.3, -0.25) is 10.1 Å². The maximum atomic E-state index is 12.8. The molecule has 0 aliphatic carbocycles. The van der Waals surface area contributed by atoms with E-state index in [1.807, 2.05) is 0 Å². The average Bonchev–Trinajstić information content (AvgIpc) is 2.60. The number of hydrogen-bond acceptors (Lipinski definition) is 6. The number of rotatable bonds is 6. The van der Waals surface area contributed by atoms with Crippen LogP contribution in [0, 0.1) is 10.1 Å². The number of esters is 1. The Kier molecular flexibility index (Phi) is 6.03. The third-order valence-corrected chi connectivity index (χ3v) is 3.61. The van der Waals surface area contributed by atoms with Crippen molar-refractivity contribution in [1.82, 2.24) is 0 Å². The van der Waals surface area contributed by atoms with Gasteiger partial charge in [-0.1, -0.05) is 17.7 Å². The fraction of sp³-hybridized carbons (Fsp3) is 0.235. The quantitative estimate of drug-likeness (QED) is 0.286. The van der Waals surface area contributed by atoms with E-state index in [9.17, 15) is 28.1 Å². The van der Waals surface area contributed by atoms with Crippen molar-refractivity contribution in [1.29, 1.82) is 0 Å². The lowest BCUT2D eigenvalue weighted by atomic mass is 10.2. The largest absolute Gasteiger partial charge is 0.465 e. The SMILES string of the molecule is COC(=O)C(C)(Cl)Oc1cccc(Oc2ccc(C(F)(F)F)cc2[N+](=O)[O-])c1. The van der Waals surface area contributed by atoms with E-state index >= 15 is 0 Å². The second-order valence-electron chi connectivity index (χ2n) is 5.52. The van der Waals surface area contributed by atoms with Gasteiger partial charge in [0.2, 0.25) is 5.75 Å². The van der Waals surface area contributed by atoms with Crippen molar-refractivity contribution in [3.05, 3.63) is 58.1 Å². The average molecular weight is 420 g/mol. The van der Waals surface area contributed by atoms with Gasteiger partial charge in [0.05, 0.1) is 17.6 Å². The Morgan fingerprint density at radius 3 is 2.36 bits per heavy atom. The summed E-state index contributed by atoms with van der Waals surface area (Å²) in [6.45, 7) is 1.24. The van der Waals surface area contributed by atoms with Crippen LogP contribution < -0.4 is 9.47 Å². The highest BCUT2D eigenvalue weighted by Gasteiger charge is 2.35. The number of benzene rings is 2. The Morgan fingerprint density at radius 1 is 1.14 bits per heavy atom. The van der Waals surface area contributed by atoms with Crippen LogP contribution in [0.25, 0.3) is 0 Å². The Labute approximate surface area is 161 Å². The van der Waals surface area contributed by atoms with Crippen LogP contribution in [0.5, 0.6) is 17.2 Å². The topological polar surface area (TPSA) is 87.9 Å². The van der Waals surface area contributed by atoms with E-state index in [1.165, 1.54) is 31.2 Å². The zero-order chi connectivity index (χ0) is 21.1. The molecule has 2 aromatic rings. The highest BCUT2D eigenvalue weighted by Crippen LogP contribution is 2.38. The number of carbonyl (C=O) groups is 1. The maximum Gasteiger partial charge on any atom is 0.416 e. The Morgan fingerprint density at radius 2 is 1.79 bits per heavy atom. The molecule has 11 heteroatoms. The van der Waals surface area contributed by atoms with Crippen LogP contribution in [0.2, 0.25) is 0 Å². The van der Waals surface area contributed by atoms with Crippen LogP contribution in [-0.4, -0.2) is 23.1 Å². The van der Waals surface area contributed by atoms with Gasteiger partial charge < -0.3 is 14.2 Å². The molecular formula is C17H13ClF3NO6. The molecule has 1 atom stereocenters. The zero-order valence-corrected chi connectivity index (χ0v) is 15.2. The van der Waals surface area contributed by atoms with E-state index in [1.54, 1.807) is 0 Å². The molecule has 28 heavy (non-hydrogen) atoms. The molecule has 0 aromatic heterocycles. The summed E-state index contributed by atoms with van der Waals surface area (Å²) >= 11 is 5.93. The molecule has 150 valence electrons. The molecular weight excluding hydrogens is 407 g/mol. The molecule has 0 N–H and O–H groups in total. The lowest BCUT2D eigenvalue weighted by Gasteiger charge is -2.21. The van der Waals surface area contributed by atoms with Crippen molar-refractivity contribution in [3.8, 4) is 17.2 Å². The highest BCUT2D eigenvalue weighted by atomic mass is 35.5. The summed E-state index contributed by atoms with van der Waals surface area (Å²) < 4.78 is 53.4. The third-order valence-electron chi connectivity index (χ3n) is 3.38. The molecule has 0 fully saturated rings. The summed E-state index contributed by atoms with van der Waals surface area (Å²) in [5.74, 6) is -1.19. The Bertz CT molecular complexity index is 901. The van der Waals surface area contributed by atoms with Crippen molar-refractivity contribution in [2.45, 2.75) is 18.2 Å². The van der Waals surface area contributed by atoms with Crippen LogP contribution in [0.15, 0.2) is 42.5 Å². The summed E-state index contributed by atoms with van der Waals surface area (Å²) in [6, 6.07) is 7.39. The zero-order valence-electron chi connectivity index (χ0n) is 14.5. The lowest BCUT2D eigenvalue weighted by Crippen LogP contribution is -2.36. The molecule has 7 nitrogen and oxygen atoms in total. The molecule has 2 rings (SSSR count). The van der Waals surface area contributed by atoms with E-state index in [0.29, 0.717) is 12.1 Å². The second kappa shape index (κ2) is 7.93. The number of alkyl halides is 4. The van der Waals surface area contributed by atoms with E-state index in [4.69, 9.17) is 21.1 Å². The van der Waals surface area contributed by atoms with Gasteiger partial charge in [-0.25, -0.2) is 4.79 Å². The number of nitrogens with zero attached hydrogens (tertiary/aromatic N) is 1. The van der Waals surface area contributed by atoms with Crippen LogP contribution in [-0.2, 0) is 15.7 Å². The molecule has 0 spiro atoms. The minimum atomic E-state index is -4.74. The summed E-state index contributed by atoms with van der Waals surface area (Å²) in [5.41, 5.74) is -2.04. The molecule has 0 aliphatic heterocycles. The summed E-state index contributed by atoms with van der Waals surface area (Å²) in [5, 5.41) is 9.28. The van der Waals surface area contributed by atoms with E-state index < -0.39 is 39.1 Å². The van der Waals surface area contributed by atoms with Crippen molar-refractivity contribution < 1.29 is 37.1 Å². The lowest BCUT2D eigenvalue weighted by molar-refractivity contribution is -0.385. The highest BCUT2D eigenvalue weighted by molar-refractivity contribution is 6.32. The van der Waals surface area contributed by atoms with Gasteiger partial charge in [-0.05, 0) is 24.3 Å². The normalized spacial score (nSPS) is 13.4. The van der Waals surface area contributed by atoms with E-state index in [0.717, 1.165) is 13.2 Å². The van der Waals surface area contributed by atoms with Crippen molar-refractivity contribution in [3.63, 3.8) is 0 Å². The number of ether oxygens (including phenoxy) is 3. The number of hydrogen-bond donors (Lipinski definition) is 0. The number of nitro benzene ring substituents is 1. The van der Waals surface area contributed by atoms with Gasteiger partial charge in [0.15, 0.2) is 0 Å². The molecule has 0 saturated heterocycles. The van der Waals surface area contributed by atoms with Crippen LogP contribution in [0.3, 0.4) is 0 Å². The summed E-state index contributed by atoms with van der Waals surface area (Å²) in [6.07, 6.45) is -4.74. The molecule has 0 amide bonds. The predicted molar refractivity (Wildman–Crippen MR) is 91.5 cm³/mol. The smallest absolute Gasteiger partial charge is 0.416 e. The predicted octanol–water partition coefficient (Wildman–Crippen LogP) is 4.91. The minimum absolute atomic E-state index is 0.0118. The molecule has 0 saturated carbocycles. The molecule has 0 aliphatic rings. The Hall–Kier alpha value is -3.01. The van der Waals surface area contributed by atoms with Gasteiger partial charge >= 0.3 is 17.8 Å². The van der Waals surface area contributed by atoms with Gasteiger partial charge in [0.25, 0.3) is 5.06 Å². The third kappa shape index (κ3) is 5.03. The molecule has 2 aromatic carbocycles. The van der Waals surface area contributed by atoms with Crippen LogP contribution >= 0.6 is 11.6 Å². The molecule has 0 heterocycles. The monoisotopic (exact) mass is 419 g/mol. The fourth-order valence-corrected chi connectivity index (χ4v) is 2.26. The molecule has 0 radical (unpaired) electrons. The second-order valence-corrected chi connectivity index (χ2v) is 6.25. The first-order valence-electron chi connectivity index (χ1n) is 7.54.